The standard InChI is InChI=1S/C6H10I2O/c1-2-3-5(7)6(8)4-9/h9H,2-4H2,1H3/b6-5+. The zero-order valence-corrected chi connectivity index (χ0v) is 9.64. The lowest BCUT2D eigenvalue weighted by atomic mass is 10.3. The molecule has 0 heterocycles. The topological polar surface area (TPSA) is 20.2 Å². The van der Waals surface area contributed by atoms with Gasteiger partial charge in [-0.15, -0.1) is 0 Å². The van der Waals surface area contributed by atoms with Gasteiger partial charge in [0.15, 0.2) is 0 Å². The minimum Gasteiger partial charge on any atom is -0.391 e. The highest BCUT2D eigenvalue weighted by atomic mass is 127. The molecule has 0 amide bonds. The van der Waals surface area contributed by atoms with Crippen molar-refractivity contribution in [3.8, 4) is 0 Å². The second kappa shape index (κ2) is 5.91. The van der Waals surface area contributed by atoms with Crippen molar-refractivity contribution in [2.75, 3.05) is 6.61 Å². The molecule has 0 saturated carbocycles. The summed E-state index contributed by atoms with van der Waals surface area (Å²) in [4.78, 5) is 0. The highest BCUT2D eigenvalue weighted by Gasteiger charge is 1.95. The lowest BCUT2D eigenvalue weighted by Crippen LogP contribution is -1.83. The predicted molar refractivity (Wildman–Crippen MR) is 57.1 cm³/mol. The van der Waals surface area contributed by atoms with E-state index in [9.17, 15) is 0 Å². The molecule has 0 aliphatic rings. The van der Waals surface area contributed by atoms with Gasteiger partial charge in [-0.1, -0.05) is 13.3 Å². The van der Waals surface area contributed by atoms with Crippen molar-refractivity contribution in [1.82, 2.24) is 0 Å². The Labute approximate surface area is 83.2 Å². The number of halogens is 2. The molecule has 0 unspecified atom stereocenters. The van der Waals surface area contributed by atoms with Gasteiger partial charge in [-0.05, 0) is 51.6 Å². The summed E-state index contributed by atoms with van der Waals surface area (Å²) in [5.74, 6) is 0. The van der Waals surface area contributed by atoms with E-state index in [1.54, 1.807) is 0 Å². The van der Waals surface area contributed by atoms with Gasteiger partial charge in [0.25, 0.3) is 0 Å². The summed E-state index contributed by atoms with van der Waals surface area (Å²) in [6.45, 7) is 2.33. The predicted octanol–water partition coefficient (Wildman–Crippen LogP) is 2.86. The minimum absolute atomic E-state index is 0.193. The Balaban J connectivity index is 3.78. The monoisotopic (exact) mass is 352 g/mol. The Kier molecular flexibility index (Phi) is 6.67. The van der Waals surface area contributed by atoms with Crippen molar-refractivity contribution in [1.29, 1.82) is 0 Å². The molecule has 0 aliphatic carbocycles. The maximum atomic E-state index is 8.66. The molecule has 0 spiro atoms. The third-order valence-corrected chi connectivity index (χ3v) is 4.12. The van der Waals surface area contributed by atoms with Gasteiger partial charge in [0.05, 0.1) is 6.61 Å². The zero-order chi connectivity index (χ0) is 7.28. The molecule has 0 saturated heterocycles. The van der Waals surface area contributed by atoms with E-state index in [0.717, 1.165) is 16.4 Å². The molecule has 0 rings (SSSR count). The molecule has 0 atom stereocenters. The lowest BCUT2D eigenvalue weighted by molar-refractivity contribution is 0.340. The normalized spacial score (nSPS) is 13.3. The van der Waals surface area contributed by atoms with Crippen molar-refractivity contribution < 1.29 is 5.11 Å². The highest BCUT2D eigenvalue weighted by Crippen LogP contribution is 2.22. The number of hydrogen-bond acceptors (Lipinski definition) is 1. The highest BCUT2D eigenvalue weighted by molar-refractivity contribution is 14.1. The second-order valence-electron chi connectivity index (χ2n) is 1.72. The molecule has 0 aromatic heterocycles. The van der Waals surface area contributed by atoms with Crippen LogP contribution < -0.4 is 0 Å². The molecule has 3 heteroatoms. The first-order chi connectivity index (χ1) is 4.22. The van der Waals surface area contributed by atoms with E-state index in [-0.39, 0.29) is 6.61 Å². The fraction of sp³-hybridized carbons (Fsp3) is 0.667. The largest absolute Gasteiger partial charge is 0.391 e. The van der Waals surface area contributed by atoms with E-state index < -0.39 is 0 Å². The Morgan fingerprint density at radius 1 is 1.33 bits per heavy atom. The van der Waals surface area contributed by atoms with Crippen LogP contribution in [-0.2, 0) is 0 Å². The average molecular weight is 352 g/mol. The first kappa shape index (κ1) is 10.2. The third-order valence-electron chi connectivity index (χ3n) is 0.903. The molecule has 0 fully saturated rings. The van der Waals surface area contributed by atoms with Crippen LogP contribution in [0.15, 0.2) is 7.16 Å². The number of aliphatic hydroxyl groups excluding tert-OH is 1. The Bertz CT molecular complexity index is 110. The Morgan fingerprint density at radius 3 is 2.22 bits per heavy atom. The van der Waals surface area contributed by atoms with Gasteiger partial charge in [0.1, 0.15) is 0 Å². The summed E-state index contributed by atoms with van der Waals surface area (Å²) in [6, 6.07) is 0. The van der Waals surface area contributed by atoms with E-state index in [1.165, 1.54) is 3.58 Å². The number of hydrogen-bond donors (Lipinski definition) is 1. The van der Waals surface area contributed by atoms with Crippen molar-refractivity contribution in [3.05, 3.63) is 7.16 Å². The van der Waals surface area contributed by atoms with Crippen LogP contribution in [0.1, 0.15) is 19.8 Å². The van der Waals surface area contributed by atoms with E-state index in [2.05, 4.69) is 52.1 Å². The quantitative estimate of drug-likeness (QED) is 0.775. The van der Waals surface area contributed by atoms with Gasteiger partial charge in [-0.2, -0.15) is 0 Å². The SMILES string of the molecule is CCC/C(I)=C(\I)CO. The molecule has 0 aromatic carbocycles. The molecule has 0 aromatic rings. The molecule has 54 valence electrons. The molecular weight excluding hydrogens is 342 g/mol. The first-order valence-electron chi connectivity index (χ1n) is 2.86. The summed E-state index contributed by atoms with van der Waals surface area (Å²) >= 11 is 4.46. The molecule has 9 heavy (non-hydrogen) atoms. The maximum Gasteiger partial charge on any atom is 0.0746 e. The van der Waals surface area contributed by atoms with Crippen molar-refractivity contribution in [2.45, 2.75) is 19.8 Å². The van der Waals surface area contributed by atoms with Crippen LogP contribution in [0.25, 0.3) is 0 Å². The molecule has 1 N–H and O–H groups in total. The van der Waals surface area contributed by atoms with Gasteiger partial charge < -0.3 is 5.11 Å². The molecule has 0 radical (unpaired) electrons. The number of allylic oxidation sites excluding steroid dienone is 1. The van der Waals surface area contributed by atoms with Crippen LogP contribution in [0.4, 0.5) is 0 Å². The molecular formula is C6H10I2O. The van der Waals surface area contributed by atoms with Crippen LogP contribution in [0, 0.1) is 0 Å². The van der Waals surface area contributed by atoms with Crippen LogP contribution in [0.5, 0.6) is 0 Å². The van der Waals surface area contributed by atoms with Crippen molar-refractivity contribution in [2.24, 2.45) is 0 Å². The van der Waals surface area contributed by atoms with Crippen molar-refractivity contribution >= 4 is 45.2 Å². The molecule has 1 nitrogen and oxygen atoms in total. The van der Waals surface area contributed by atoms with Crippen LogP contribution in [0.3, 0.4) is 0 Å². The van der Waals surface area contributed by atoms with E-state index in [4.69, 9.17) is 5.11 Å². The summed E-state index contributed by atoms with van der Waals surface area (Å²) in [5.41, 5.74) is 0. The lowest BCUT2D eigenvalue weighted by Gasteiger charge is -1.97. The number of aliphatic hydroxyl groups is 1. The van der Waals surface area contributed by atoms with E-state index in [1.807, 2.05) is 0 Å². The Morgan fingerprint density at radius 2 is 1.89 bits per heavy atom. The summed E-state index contributed by atoms with van der Waals surface area (Å²) in [6.07, 6.45) is 2.25. The van der Waals surface area contributed by atoms with Gasteiger partial charge in [0.2, 0.25) is 0 Å². The zero-order valence-electron chi connectivity index (χ0n) is 5.32. The van der Waals surface area contributed by atoms with Crippen LogP contribution in [-0.4, -0.2) is 11.7 Å². The minimum atomic E-state index is 0.193. The summed E-state index contributed by atoms with van der Waals surface area (Å²) < 4.78 is 2.37. The smallest absolute Gasteiger partial charge is 0.0746 e. The summed E-state index contributed by atoms with van der Waals surface area (Å²) in [7, 11) is 0. The summed E-state index contributed by atoms with van der Waals surface area (Å²) in [5, 5.41) is 8.66. The van der Waals surface area contributed by atoms with Crippen LogP contribution >= 0.6 is 45.2 Å². The fourth-order valence-corrected chi connectivity index (χ4v) is 1.42. The molecule has 0 aliphatic heterocycles. The van der Waals surface area contributed by atoms with Crippen LogP contribution in [0.2, 0.25) is 0 Å². The van der Waals surface area contributed by atoms with Gasteiger partial charge >= 0.3 is 0 Å². The fourth-order valence-electron chi connectivity index (χ4n) is 0.441. The maximum absolute atomic E-state index is 8.66. The first-order valence-corrected chi connectivity index (χ1v) is 5.02. The van der Waals surface area contributed by atoms with Gasteiger partial charge in [-0.3, -0.25) is 0 Å². The third kappa shape index (κ3) is 4.55. The Hall–Kier alpha value is 1.16. The van der Waals surface area contributed by atoms with E-state index in [0.29, 0.717) is 0 Å². The van der Waals surface area contributed by atoms with Gasteiger partial charge in [-0.25, -0.2) is 0 Å². The van der Waals surface area contributed by atoms with E-state index >= 15 is 0 Å². The average Bonchev–Trinajstić information content (AvgIpc) is 1.87. The van der Waals surface area contributed by atoms with Crippen molar-refractivity contribution in [3.63, 3.8) is 0 Å². The number of rotatable bonds is 3. The van der Waals surface area contributed by atoms with Gasteiger partial charge in [0, 0.05) is 7.16 Å². The molecule has 0 bridgehead atoms. The second-order valence-corrected chi connectivity index (χ2v) is 4.32.